The van der Waals surface area contributed by atoms with Crippen LogP contribution in [0.4, 0.5) is 14.5 Å². The Balaban J connectivity index is 2.11. The molecule has 5 heteroatoms. The zero-order chi connectivity index (χ0) is 12.4. The highest BCUT2D eigenvalue weighted by Crippen LogP contribution is 2.19. The van der Waals surface area contributed by atoms with E-state index in [4.69, 9.17) is 0 Å². The lowest BCUT2D eigenvalue weighted by Crippen LogP contribution is -2.04. The molecule has 90 valence electrons. The maximum absolute atomic E-state index is 13.4. The molecule has 0 aliphatic rings. The number of nitrogens with zero attached hydrogens (tertiary/aromatic N) is 1. The van der Waals surface area contributed by atoms with Crippen LogP contribution in [0, 0.1) is 25.5 Å². The Bertz CT molecular complexity index is 535. The molecule has 2 aromatic rings. The van der Waals surface area contributed by atoms with Crippen molar-refractivity contribution >= 4 is 5.69 Å². The normalized spacial score (nSPS) is 10.6. The van der Waals surface area contributed by atoms with Crippen LogP contribution in [-0.2, 0) is 6.54 Å². The lowest BCUT2D eigenvalue weighted by atomic mass is 10.2. The first-order valence-electron chi connectivity index (χ1n) is 5.26. The van der Waals surface area contributed by atoms with Gasteiger partial charge in [-0.05, 0) is 25.5 Å². The fourth-order valence-corrected chi connectivity index (χ4v) is 1.53. The Morgan fingerprint density at radius 3 is 2.65 bits per heavy atom. The Morgan fingerprint density at radius 1 is 1.24 bits per heavy atom. The lowest BCUT2D eigenvalue weighted by Gasteiger charge is -2.07. The van der Waals surface area contributed by atoms with Crippen LogP contribution in [0.15, 0.2) is 18.3 Å². The number of aromatic amines is 1. The van der Waals surface area contributed by atoms with Crippen molar-refractivity contribution in [2.75, 3.05) is 5.32 Å². The van der Waals surface area contributed by atoms with Gasteiger partial charge in [0.15, 0.2) is 0 Å². The molecule has 0 amide bonds. The van der Waals surface area contributed by atoms with Crippen molar-refractivity contribution in [2.24, 2.45) is 0 Å². The molecule has 2 rings (SSSR count). The molecule has 0 unspecified atom stereocenters. The molecular formula is C12H13F2N3. The number of halogens is 2. The van der Waals surface area contributed by atoms with Gasteiger partial charge in [-0.25, -0.2) is 13.8 Å². The third kappa shape index (κ3) is 2.61. The third-order valence-corrected chi connectivity index (χ3v) is 2.45. The van der Waals surface area contributed by atoms with E-state index in [2.05, 4.69) is 15.3 Å². The maximum Gasteiger partial charge on any atom is 0.149 e. The molecular weight excluding hydrogens is 224 g/mol. The van der Waals surface area contributed by atoms with Gasteiger partial charge in [0.1, 0.15) is 17.5 Å². The van der Waals surface area contributed by atoms with Crippen molar-refractivity contribution < 1.29 is 8.78 Å². The molecule has 1 heterocycles. The SMILES string of the molecule is Cc1cnc(CNc2cc(C)c(F)cc2F)[nH]1. The molecule has 0 radical (unpaired) electrons. The van der Waals surface area contributed by atoms with Crippen molar-refractivity contribution in [1.82, 2.24) is 9.97 Å². The van der Waals surface area contributed by atoms with Gasteiger partial charge >= 0.3 is 0 Å². The minimum atomic E-state index is -0.601. The van der Waals surface area contributed by atoms with Gasteiger partial charge in [-0.15, -0.1) is 0 Å². The number of benzene rings is 1. The van der Waals surface area contributed by atoms with E-state index < -0.39 is 11.6 Å². The second kappa shape index (κ2) is 4.53. The van der Waals surface area contributed by atoms with Crippen LogP contribution in [0.1, 0.15) is 17.1 Å². The highest BCUT2D eigenvalue weighted by Gasteiger charge is 2.07. The van der Waals surface area contributed by atoms with Gasteiger partial charge in [0.05, 0.1) is 12.2 Å². The highest BCUT2D eigenvalue weighted by atomic mass is 19.1. The van der Waals surface area contributed by atoms with Crippen LogP contribution in [-0.4, -0.2) is 9.97 Å². The zero-order valence-electron chi connectivity index (χ0n) is 9.64. The molecule has 0 bridgehead atoms. The summed E-state index contributed by atoms with van der Waals surface area (Å²) in [6.07, 6.45) is 1.70. The molecule has 3 nitrogen and oxygen atoms in total. The first kappa shape index (κ1) is 11.6. The third-order valence-electron chi connectivity index (χ3n) is 2.45. The maximum atomic E-state index is 13.4. The summed E-state index contributed by atoms with van der Waals surface area (Å²) in [5.74, 6) is -0.429. The molecule has 0 atom stereocenters. The minimum absolute atomic E-state index is 0.276. The summed E-state index contributed by atoms with van der Waals surface area (Å²) in [5.41, 5.74) is 1.63. The predicted octanol–water partition coefficient (Wildman–Crippen LogP) is 2.92. The second-order valence-corrected chi connectivity index (χ2v) is 3.95. The topological polar surface area (TPSA) is 40.7 Å². The van der Waals surface area contributed by atoms with Crippen molar-refractivity contribution in [1.29, 1.82) is 0 Å². The van der Waals surface area contributed by atoms with Crippen LogP contribution in [0.5, 0.6) is 0 Å². The van der Waals surface area contributed by atoms with Gasteiger partial charge in [-0.2, -0.15) is 0 Å². The summed E-state index contributed by atoms with van der Waals surface area (Å²) >= 11 is 0. The summed E-state index contributed by atoms with van der Waals surface area (Å²) in [6, 6.07) is 2.32. The number of nitrogens with one attached hydrogen (secondary N) is 2. The fraction of sp³-hybridized carbons (Fsp3) is 0.250. The molecule has 2 N–H and O–H groups in total. The van der Waals surface area contributed by atoms with Crippen molar-refractivity contribution in [3.8, 4) is 0 Å². The monoisotopic (exact) mass is 237 g/mol. The van der Waals surface area contributed by atoms with E-state index in [-0.39, 0.29) is 5.69 Å². The smallest absolute Gasteiger partial charge is 0.149 e. The zero-order valence-corrected chi connectivity index (χ0v) is 9.64. The number of aryl methyl sites for hydroxylation is 2. The molecule has 0 saturated heterocycles. The minimum Gasteiger partial charge on any atom is -0.375 e. The van der Waals surface area contributed by atoms with Gasteiger partial charge in [0.2, 0.25) is 0 Å². The number of H-pyrrole nitrogens is 1. The molecule has 17 heavy (non-hydrogen) atoms. The lowest BCUT2D eigenvalue weighted by molar-refractivity contribution is 0.579. The number of imidazole rings is 1. The number of hydrogen-bond donors (Lipinski definition) is 2. The summed E-state index contributed by atoms with van der Waals surface area (Å²) in [7, 11) is 0. The summed E-state index contributed by atoms with van der Waals surface area (Å²) in [5, 5.41) is 2.88. The quantitative estimate of drug-likeness (QED) is 0.861. The van der Waals surface area contributed by atoms with Crippen LogP contribution in [0.3, 0.4) is 0 Å². The van der Waals surface area contributed by atoms with Gasteiger partial charge in [0, 0.05) is 18.0 Å². The van der Waals surface area contributed by atoms with Crippen molar-refractivity contribution in [2.45, 2.75) is 20.4 Å². The fourth-order valence-electron chi connectivity index (χ4n) is 1.53. The Morgan fingerprint density at radius 2 is 2.00 bits per heavy atom. The van der Waals surface area contributed by atoms with Crippen LogP contribution in [0.25, 0.3) is 0 Å². The molecule has 0 aliphatic heterocycles. The van der Waals surface area contributed by atoms with Crippen LogP contribution < -0.4 is 5.32 Å². The van der Waals surface area contributed by atoms with Gasteiger partial charge in [-0.1, -0.05) is 0 Å². The number of aromatic nitrogens is 2. The molecule has 1 aromatic heterocycles. The largest absolute Gasteiger partial charge is 0.375 e. The predicted molar refractivity (Wildman–Crippen MR) is 61.7 cm³/mol. The number of hydrogen-bond acceptors (Lipinski definition) is 2. The summed E-state index contributed by atoms with van der Waals surface area (Å²) in [6.45, 7) is 3.85. The molecule has 0 spiro atoms. The summed E-state index contributed by atoms with van der Waals surface area (Å²) in [4.78, 5) is 7.11. The van der Waals surface area contributed by atoms with E-state index in [1.807, 2.05) is 6.92 Å². The van der Waals surface area contributed by atoms with Crippen molar-refractivity contribution in [3.63, 3.8) is 0 Å². The molecule has 1 aromatic carbocycles. The second-order valence-electron chi connectivity index (χ2n) is 3.95. The van der Waals surface area contributed by atoms with Gasteiger partial charge in [-0.3, -0.25) is 0 Å². The molecule has 0 fully saturated rings. The molecule has 0 saturated carbocycles. The van der Waals surface area contributed by atoms with Crippen LogP contribution >= 0.6 is 0 Å². The van der Waals surface area contributed by atoms with Gasteiger partial charge < -0.3 is 10.3 Å². The average Bonchev–Trinajstić information content (AvgIpc) is 2.68. The van der Waals surface area contributed by atoms with E-state index in [0.29, 0.717) is 17.9 Å². The standard InChI is InChI=1S/C12H13F2N3/c1-7-3-11(10(14)4-9(7)13)15-6-12-16-5-8(2)17-12/h3-5,15H,6H2,1-2H3,(H,16,17). The summed E-state index contributed by atoms with van der Waals surface area (Å²) < 4.78 is 26.4. The van der Waals surface area contributed by atoms with Gasteiger partial charge in [0.25, 0.3) is 0 Å². The Labute approximate surface area is 97.9 Å². The number of rotatable bonds is 3. The van der Waals surface area contributed by atoms with E-state index in [9.17, 15) is 8.78 Å². The van der Waals surface area contributed by atoms with Crippen molar-refractivity contribution in [3.05, 3.63) is 47.0 Å². The number of anilines is 1. The highest BCUT2D eigenvalue weighted by molar-refractivity contribution is 5.47. The Kier molecular flexibility index (Phi) is 3.08. The van der Waals surface area contributed by atoms with E-state index in [1.165, 1.54) is 6.07 Å². The first-order chi connectivity index (χ1) is 8.06. The van der Waals surface area contributed by atoms with E-state index in [1.54, 1.807) is 13.1 Å². The van der Waals surface area contributed by atoms with E-state index in [0.717, 1.165) is 11.8 Å². The first-order valence-corrected chi connectivity index (χ1v) is 5.26. The molecule has 0 aliphatic carbocycles. The average molecular weight is 237 g/mol. The van der Waals surface area contributed by atoms with Crippen LogP contribution in [0.2, 0.25) is 0 Å². The Hall–Kier alpha value is -1.91. The van der Waals surface area contributed by atoms with E-state index >= 15 is 0 Å².